The van der Waals surface area contributed by atoms with Crippen LogP contribution in [0.2, 0.25) is 0 Å². The topological polar surface area (TPSA) is 40.5 Å². The van der Waals surface area contributed by atoms with Crippen molar-refractivity contribution in [3.63, 3.8) is 0 Å². The maximum Gasteiger partial charge on any atom is 0.326 e. The van der Waals surface area contributed by atoms with Gasteiger partial charge < -0.3 is 10.2 Å². The molecular formula is C25H36N4O. The summed E-state index contributed by atoms with van der Waals surface area (Å²) in [7, 11) is 4.09. The molecular weight excluding hydrogens is 372 g/mol. The van der Waals surface area contributed by atoms with E-state index in [4.69, 9.17) is 0 Å². The molecule has 1 saturated carbocycles. The molecule has 162 valence electrons. The number of aryl methyl sites for hydroxylation is 1. The molecule has 1 aliphatic carbocycles. The van der Waals surface area contributed by atoms with Gasteiger partial charge in [0.05, 0.1) is 5.52 Å². The van der Waals surface area contributed by atoms with E-state index in [2.05, 4.69) is 51.7 Å². The number of carbonyl (C=O) groups excluding carboxylic acids is 1. The summed E-state index contributed by atoms with van der Waals surface area (Å²) in [6.45, 7) is 8.43. The van der Waals surface area contributed by atoms with Gasteiger partial charge in [-0.3, -0.25) is 9.47 Å². The van der Waals surface area contributed by atoms with Gasteiger partial charge >= 0.3 is 6.03 Å². The molecule has 1 aromatic carbocycles. The summed E-state index contributed by atoms with van der Waals surface area (Å²) in [4.78, 5) is 18.4. The second-order valence-electron chi connectivity index (χ2n) is 10.1. The van der Waals surface area contributed by atoms with Crippen molar-refractivity contribution in [2.75, 3.05) is 40.3 Å². The summed E-state index contributed by atoms with van der Waals surface area (Å²) in [6, 6.07) is 7.27. The van der Waals surface area contributed by atoms with Gasteiger partial charge in [-0.25, -0.2) is 4.79 Å². The molecule has 6 rings (SSSR count). The van der Waals surface area contributed by atoms with Gasteiger partial charge in [-0.05, 0) is 69.8 Å². The zero-order chi connectivity index (χ0) is 21.0. The van der Waals surface area contributed by atoms with Crippen LogP contribution in [0.15, 0.2) is 18.2 Å². The molecule has 5 nitrogen and oxygen atoms in total. The van der Waals surface area contributed by atoms with Crippen molar-refractivity contribution >= 4 is 16.9 Å². The van der Waals surface area contributed by atoms with Gasteiger partial charge in [-0.15, -0.1) is 0 Å². The highest BCUT2D eigenvalue weighted by Gasteiger charge is 2.49. The molecule has 5 atom stereocenters. The SMILES string of the molecule is CCC1C[C@H]2C[C@H]3c4c(c5cc(C)ccc5n4C(=O)NCCN(C)C)CCN(C2)C13. The van der Waals surface area contributed by atoms with Crippen LogP contribution < -0.4 is 5.32 Å². The van der Waals surface area contributed by atoms with E-state index in [-0.39, 0.29) is 6.03 Å². The van der Waals surface area contributed by atoms with Gasteiger partial charge in [-0.1, -0.05) is 25.0 Å². The molecule has 4 aliphatic rings. The molecule has 3 unspecified atom stereocenters. The minimum absolute atomic E-state index is 0.0508. The fraction of sp³-hybridized carbons (Fsp3) is 0.640. The molecule has 0 radical (unpaired) electrons. The van der Waals surface area contributed by atoms with Gasteiger partial charge in [-0.2, -0.15) is 0 Å². The third-order valence-electron chi connectivity index (χ3n) is 7.86. The molecule has 4 heterocycles. The van der Waals surface area contributed by atoms with Crippen LogP contribution in [0.5, 0.6) is 0 Å². The lowest BCUT2D eigenvalue weighted by Crippen LogP contribution is -2.56. The highest BCUT2D eigenvalue weighted by molar-refractivity contribution is 5.96. The summed E-state index contributed by atoms with van der Waals surface area (Å²) in [6.07, 6.45) is 4.92. The first kappa shape index (κ1) is 20.1. The average Bonchev–Trinajstić information content (AvgIpc) is 2.99. The standard InChI is InChI=1S/C25H36N4O/c1-5-18-13-17-14-21-23(18)28(15-17)10-8-19-20-12-16(2)6-7-22(20)29(24(19)21)25(30)26-9-11-27(3)4/h6-7,12,17-18,21,23H,5,8-11,13-15H2,1-4H3,(H,26,30)/t17-,18?,21+,23?/m0/s1. The lowest BCUT2D eigenvalue weighted by molar-refractivity contribution is -0.0138. The number of benzene rings is 1. The van der Waals surface area contributed by atoms with Crippen LogP contribution in [0.4, 0.5) is 4.79 Å². The number of amides is 1. The van der Waals surface area contributed by atoms with E-state index in [0.29, 0.717) is 18.5 Å². The molecule has 1 aromatic heterocycles. The van der Waals surface area contributed by atoms with E-state index in [0.717, 1.165) is 36.9 Å². The van der Waals surface area contributed by atoms with Crippen LogP contribution >= 0.6 is 0 Å². The van der Waals surface area contributed by atoms with Crippen molar-refractivity contribution in [3.05, 3.63) is 35.0 Å². The Labute approximate surface area is 180 Å². The Kier molecular flexibility index (Phi) is 5.14. The van der Waals surface area contributed by atoms with E-state index in [1.807, 2.05) is 14.1 Å². The van der Waals surface area contributed by atoms with Crippen molar-refractivity contribution in [1.82, 2.24) is 19.7 Å². The summed E-state index contributed by atoms with van der Waals surface area (Å²) in [5.74, 6) is 2.02. The van der Waals surface area contributed by atoms with E-state index >= 15 is 0 Å². The van der Waals surface area contributed by atoms with E-state index < -0.39 is 0 Å². The van der Waals surface area contributed by atoms with Crippen LogP contribution in [0.1, 0.15) is 48.9 Å². The fourth-order valence-corrected chi connectivity index (χ4v) is 6.65. The van der Waals surface area contributed by atoms with Crippen LogP contribution in [0, 0.1) is 18.8 Å². The Bertz CT molecular complexity index is 962. The zero-order valence-electron chi connectivity index (χ0n) is 18.9. The van der Waals surface area contributed by atoms with Crippen LogP contribution in [-0.2, 0) is 6.42 Å². The minimum Gasteiger partial charge on any atom is -0.336 e. The lowest BCUT2D eigenvalue weighted by atomic mass is 9.65. The first-order chi connectivity index (χ1) is 14.5. The Balaban J connectivity index is 1.63. The average molecular weight is 409 g/mol. The number of rotatable bonds is 4. The number of hydrogen-bond donors (Lipinski definition) is 1. The molecule has 4 bridgehead atoms. The molecule has 30 heavy (non-hydrogen) atoms. The Morgan fingerprint density at radius 2 is 2.10 bits per heavy atom. The monoisotopic (exact) mass is 408 g/mol. The van der Waals surface area contributed by atoms with E-state index in [9.17, 15) is 4.79 Å². The van der Waals surface area contributed by atoms with Gasteiger partial charge in [0.25, 0.3) is 0 Å². The fourth-order valence-electron chi connectivity index (χ4n) is 6.65. The first-order valence-corrected chi connectivity index (χ1v) is 11.8. The summed E-state index contributed by atoms with van der Waals surface area (Å²) >= 11 is 0. The molecule has 1 N–H and O–H groups in total. The Hall–Kier alpha value is -1.85. The Morgan fingerprint density at radius 3 is 2.87 bits per heavy atom. The van der Waals surface area contributed by atoms with Gasteiger partial charge in [0.15, 0.2) is 0 Å². The van der Waals surface area contributed by atoms with E-state index in [1.54, 1.807) is 0 Å². The third kappa shape index (κ3) is 3.18. The normalized spacial score (nSPS) is 29.8. The molecule has 1 amide bonds. The van der Waals surface area contributed by atoms with Gasteiger partial charge in [0.2, 0.25) is 0 Å². The van der Waals surface area contributed by atoms with Crippen molar-refractivity contribution in [1.29, 1.82) is 0 Å². The summed E-state index contributed by atoms with van der Waals surface area (Å²) in [5.41, 5.74) is 5.13. The Morgan fingerprint density at radius 1 is 1.27 bits per heavy atom. The summed E-state index contributed by atoms with van der Waals surface area (Å²) < 4.78 is 2.07. The smallest absolute Gasteiger partial charge is 0.326 e. The zero-order valence-corrected chi connectivity index (χ0v) is 18.9. The third-order valence-corrected chi connectivity index (χ3v) is 7.86. The largest absolute Gasteiger partial charge is 0.336 e. The van der Waals surface area contributed by atoms with Crippen LogP contribution in [0.25, 0.3) is 10.9 Å². The maximum absolute atomic E-state index is 13.5. The van der Waals surface area contributed by atoms with Crippen LogP contribution in [-0.4, -0.2) is 66.7 Å². The van der Waals surface area contributed by atoms with E-state index in [1.165, 1.54) is 48.0 Å². The molecule has 0 spiro atoms. The molecule has 2 saturated heterocycles. The van der Waals surface area contributed by atoms with Gasteiger partial charge in [0, 0.05) is 49.2 Å². The number of nitrogens with zero attached hydrogens (tertiary/aromatic N) is 3. The highest BCUT2D eigenvalue weighted by atomic mass is 16.2. The minimum atomic E-state index is 0.0508. The molecule has 3 aliphatic heterocycles. The quantitative estimate of drug-likeness (QED) is 0.836. The highest BCUT2D eigenvalue weighted by Crippen LogP contribution is 2.51. The van der Waals surface area contributed by atoms with Gasteiger partial charge in [0.1, 0.15) is 0 Å². The summed E-state index contributed by atoms with van der Waals surface area (Å²) in [5, 5.41) is 4.50. The van der Waals surface area contributed by atoms with Crippen LogP contribution in [0.3, 0.4) is 0 Å². The second kappa shape index (κ2) is 7.69. The lowest BCUT2D eigenvalue weighted by Gasteiger charge is -2.53. The van der Waals surface area contributed by atoms with Crippen molar-refractivity contribution < 1.29 is 4.79 Å². The molecule has 5 heteroatoms. The number of hydrogen-bond acceptors (Lipinski definition) is 3. The van der Waals surface area contributed by atoms with Crippen molar-refractivity contribution in [2.45, 2.75) is 51.5 Å². The number of fused-ring (bicyclic) bond motifs is 4. The first-order valence-electron chi connectivity index (χ1n) is 11.8. The van der Waals surface area contributed by atoms with Crippen molar-refractivity contribution in [2.24, 2.45) is 11.8 Å². The predicted octanol–water partition coefficient (Wildman–Crippen LogP) is 3.83. The number of piperidine rings is 2. The predicted molar refractivity (Wildman–Crippen MR) is 122 cm³/mol. The number of carbonyl (C=O) groups is 1. The maximum atomic E-state index is 13.5. The molecule has 2 aromatic rings. The van der Waals surface area contributed by atoms with Crippen molar-refractivity contribution in [3.8, 4) is 0 Å². The number of aromatic nitrogens is 1. The second-order valence-corrected chi connectivity index (χ2v) is 10.1. The number of likely N-dealkylation sites (N-methyl/N-ethyl adjacent to an activating group) is 1. The number of nitrogens with one attached hydrogen (secondary N) is 1. The molecule has 3 fully saturated rings.